The van der Waals surface area contributed by atoms with E-state index in [2.05, 4.69) is 25.8 Å². The number of aromatic nitrogens is 5. The van der Waals surface area contributed by atoms with Crippen LogP contribution in [0.25, 0.3) is 5.57 Å². The Morgan fingerprint density at radius 3 is 2.76 bits per heavy atom. The van der Waals surface area contributed by atoms with Gasteiger partial charge in [0.25, 0.3) is 11.8 Å². The van der Waals surface area contributed by atoms with E-state index in [4.69, 9.17) is 11.5 Å². The largest absolute Gasteiger partial charge is 0.477 e. The van der Waals surface area contributed by atoms with Gasteiger partial charge >= 0.3 is 5.97 Å². The molecule has 0 aliphatic carbocycles. The zero-order valence-corrected chi connectivity index (χ0v) is 19.8. The maximum atomic E-state index is 12.9. The highest BCUT2D eigenvalue weighted by atomic mass is 32.2. The maximum absolute atomic E-state index is 12.9. The molecule has 17 heteroatoms. The van der Waals surface area contributed by atoms with Gasteiger partial charge < -0.3 is 21.9 Å². The van der Waals surface area contributed by atoms with Crippen molar-refractivity contribution in [3.63, 3.8) is 0 Å². The third-order valence-electron chi connectivity index (χ3n) is 4.82. The summed E-state index contributed by atoms with van der Waals surface area (Å²) in [4.78, 5) is 54.3. The Labute approximate surface area is 203 Å². The molecule has 0 aromatic carbocycles. The molecule has 3 amide bonds. The van der Waals surface area contributed by atoms with Crippen LogP contribution in [0.4, 0.5) is 5.13 Å². The average Bonchev–Trinajstić information content (AvgIpc) is 3.40. The van der Waals surface area contributed by atoms with Crippen LogP contribution in [-0.4, -0.2) is 81.8 Å². The fraction of sp³-hybridized carbons (Fsp3) is 0.294. The minimum absolute atomic E-state index is 0.123. The Morgan fingerprint density at radius 2 is 2.18 bits per heavy atom. The number of carboxylic acid groups (broad SMARTS) is 1. The number of aryl methyl sites for hydroxylation is 1. The number of hydrogen-bond donors (Lipinski definition) is 4. The molecule has 4 rings (SSSR count). The van der Waals surface area contributed by atoms with Crippen LogP contribution in [0.1, 0.15) is 5.69 Å². The van der Waals surface area contributed by atoms with Crippen molar-refractivity contribution in [2.45, 2.75) is 16.6 Å². The third kappa shape index (κ3) is 4.48. The molecule has 0 saturated carbocycles. The lowest BCUT2D eigenvalue weighted by molar-refractivity contribution is -0.150. The molecular formula is C17H17N9O5S3. The van der Waals surface area contributed by atoms with Crippen molar-refractivity contribution < 1.29 is 24.3 Å². The molecule has 2 aliphatic heterocycles. The SMILES string of the molecule is Cn1nnnc1SCC1=C(C(=O)O)N2C(=O)C(NC(=O)C(=CC(N)=O)c3csc(N)n3)[C@@H]2SC1. The molecule has 4 heterocycles. The number of thiazole rings is 1. The van der Waals surface area contributed by atoms with Gasteiger partial charge in [0.15, 0.2) is 5.13 Å². The van der Waals surface area contributed by atoms with Crippen molar-refractivity contribution in [1.82, 2.24) is 35.4 Å². The highest BCUT2D eigenvalue weighted by Gasteiger charge is 2.54. The van der Waals surface area contributed by atoms with Crippen LogP contribution >= 0.6 is 34.9 Å². The quantitative estimate of drug-likeness (QED) is 0.180. The Morgan fingerprint density at radius 1 is 1.41 bits per heavy atom. The zero-order chi connectivity index (χ0) is 24.6. The highest BCUT2D eigenvalue weighted by Crippen LogP contribution is 2.41. The number of carbonyl (C=O) groups excluding carboxylic acids is 3. The van der Waals surface area contributed by atoms with Crippen LogP contribution in [-0.2, 0) is 26.2 Å². The number of hydrogen-bond acceptors (Lipinski definition) is 12. The monoisotopic (exact) mass is 523 g/mol. The number of carboxylic acids is 1. The van der Waals surface area contributed by atoms with Crippen molar-refractivity contribution in [3.8, 4) is 0 Å². The second-order valence-corrected chi connectivity index (χ2v) is 9.96. The summed E-state index contributed by atoms with van der Waals surface area (Å²) in [5, 5.41) is 25.0. The number of nitrogens with two attached hydrogens (primary N) is 2. The van der Waals surface area contributed by atoms with Crippen molar-refractivity contribution in [2.75, 3.05) is 17.2 Å². The Bertz CT molecular complexity index is 1250. The highest BCUT2D eigenvalue weighted by molar-refractivity contribution is 8.01. The van der Waals surface area contributed by atoms with Gasteiger partial charge in [-0.3, -0.25) is 19.3 Å². The molecule has 2 aromatic rings. The number of nitrogens with one attached hydrogen (secondary N) is 1. The van der Waals surface area contributed by atoms with E-state index in [-0.39, 0.29) is 27.8 Å². The first-order valence-corrected chi connectivity index (χ1v) is 12.4. The zero-order valence-electron chi connectivity index (χ0n) is 17.4. The fourth-order valence-electron chi connectivity index (χ4n) is 3.32. The van der Waals surface area contributed by atoms with E-state index < -0.39 is 35.1 Å². The van der Waals surface area contributed by atoms with Crippen molar-refractivity contribution in [1.29, 1.82) is 0 Å². The number of anilines is 1. The number of fused-ring (bicyclic) bond motifs is 1. The molecule has 2 atom stereocenters. The van der Waals surface area contributed by atoms with E-state index in [1.54, 1.807) is 7.05 Å². The number of nitrogens with zero attached hydrogens (tertiary/aromatic N) is 6. The lowest BCUT2D eigenvalue weighted by Crippen LogP contribution is -2.70. The van der Waals surface area contributed by atoms with Gasteiger partial charge in [-0.25, -0.2) is 14.5 Å². The molecular weight excluding hydrogens is 506 g/mol. The molecule has 0 spiro atoms. The molecule has 178 valence electrons. The van der Waals surface area contributed by atoms with Gasteiger partial charge in [-0.15, -0.1) is 28.2 Å². The Hall–Kier alpha value is -3.44. The molecule has 2 aliphatic rings. The molecule has 0 bridgehead atoms. The third-order valence-corrected chi connectivity index (χ3v) is 7.93. The van der Waals surface area contributed by atoms with Crippen molar-refractivity contribution in [3.05, 3.63) is 28.4 Å². The van der Waals surface area contributed by atoms with E-state index in [9.17, 15) is 24.3 Å². The smallest absolute Gasteiger partial charge is 0.352 e. The van der Waals surface area contributed by atoms with Gasteiger partial charge in [0, 0.05) is 30.0 Å². The van der Waals surface area contributed by atoms with E-state index >= 15 is 0 Å². The van der Waals surface area contributed by atoms with Crippen molar-refractivity contribution in [2.24, 2.45) is 12.8 Å². The molecule has 1 unspecified atom stereocenters. The van der Waals surface area contributed by atoms with Gasteiger partial charge in [0.05, 0.1) is 11.3 Å². The lowest BCUT2D eigenvalue weighted by Gasteiger charge is -2.49. The molecule has 1 saturated heterocycles. The summed E-state index contributed by atoms with van der Waals surface area (Å²) in [7, 11) is 1.66. The predicted molar refractivity (Wildman–Crippen MR) is 123 cm³/mol. The van der Waals surface area contributed by atoms with Gasteiger partial charge in [-0.05, 0) is 16.0 Å². The summed E-state index contributed by atoms with van der Waals surface area (Å²) < 4.78 is 1.46. The second kappa shape index (κ2) is 9.43. The van der Waals surface area contributed by atoms with Crippen LogP contribution < -0.4 is 16.8 Å². The topological polar surface area (TPSA) is 212 Å². The standard InChI is InChI=1S/C17H17N9O5S3/c1-25-17(22-23-24-25)34-4-6-3-32-14-10(13(29)26(14)11(6)15(30)31)21-12(28)7(2-9(18)27)8-5-33-16(19)20-8/h2,5,10,14H,3-4H2,1H3,(H2,18,27)(H2,19,20)(H,21,28)(H,30,31)/t10?,14-/m0/s1. The van der Waals surface area contributed by atoms with Gasteiger partial charge in [-0.2, -0.15) is 0 Å². The minimum atomic E-state index is -1.25. The lowest BCUT2D eigenvalue weighted by atomic mass is 10.0. The van der Waals surface area contributed by atoms with Gasteiger partial charge in [0.1, 0.15) is 17.1 Å². The van der Waals surface area contributed by atoms with Crippen LogP contribution in [0.3, 0.4) is 0 Å². The molecule has 1 fully saturated rings. The van der Waals surface area contributed by atoms with E-state index in [1.807, 2.05) is 0 Å². The van der Waals surface area contributed by atoms with Gasteiger partial charge in [0.2, 0.25) is 11.1 Å². The number of aliphatic carboxylic acids is 1. The first kappa shape index (κ1) is 23.7. The summed E-state index contributed by atoms with van der Waals surface area (Å²) in [6.45, 7) is 0. The van der Waals surface area contributed by atoms with Crippen LogP contribution in [0, 0.1) is 0 Å². The normalized spacial score (nSPS) is 20.1. The number of β-lactam (4-membered cyclic amide) rings is 1. The van der Waals surface area contributed by atoms with Gasteiger partial charge in [-0.1, -0.05) is 11.8 Å². The molecule has 2 aromatic heterocycles. The number of rotatable bonds is 8. The summed E-state index contributed by atoms with van der Waals surface area (Å²) in [6.07, 6.45) is 0.901. The molecule has 34 heavy (non-hydrogen) atoms. The molecule has 0 radical (unpaired) electrons. The van der Waals surface area contributed by atoms with E-state index in [0.29, 0.717) is 16.5 Å². The Balaban J connectivity index is 1.51. The number of primary amides is 1. The van der Waals surface area contributed by atoms with Crippen LogP contribution in [0.2, 0.25) is 0 Å². The number of carbonyl (C=O) groups is 4. The average molecular weight is 524 g/mol. The maximum Gasteiger partial charge on any atom is 0.352 e. The number of nitrogen functional groups attached to an aromatic ring is 1. The Kier molecular flexibility index (Phi) is 6.58. The molecule has 6 N–H and O–H groups in total. The summed E-state index contributed by atoms with van der Waals surface area (Å²) in [5.74, 6) is -2.86. The summed E-state index contributed by atoms with van der Waals surface area (Å²) in [6, 6.07) is -0.990. The number of amides is 3. The first-order chi connectivity index (χ1) is 16.2. The summed E-state index contributed by atoms with van der Waals surface area (Å²) >= 11 is 3.63. The predicted octanol–water partition coefficient (Wildman–Crippen LogP) is -1.35. The minimum Gasteiger partial charge on any atom is -0.477 e. The summed E-state index contributed by atoms with van der Waals surface area (Å²) in [5.41, 5.74) is 11.2. The second-order valence-electron chi connectivity index (χ2n) is 7.02. The number of tetrazole rings is 1. The molecule has 14 nitrogen and oxygen atoms in total. The number of thioether (sulfide) groups is 2. The van der Waals surface area contributed by atoms with Crippen LogP contribution in [0.15, 0.2) is 27.9 Å². The van der Waals surface area contributed by atoms with Crippen LogP contribution in [0.5, 0.6) is 0 Å². The van der Waals surface area contributed by atoms with E-state index in [1.165, 1.54) is 33.6 Å². The fourth-order valence-corrected chi connectivity index (χ4v) is 6.22. The first-order valence-electron chi connectivity index (χ1n) is 9.46. The van der Waals surface area contributed by atoms with Crippen molar-refractivity contribution >= 4 is 69.3 Å². The van der Waals surface area contributed by atoms with E-state index in [0.717, 1.165) is 22.3 Å².